The molecule has 4 N–H and O–H groups in total. The summed E-state index contributed by atoms with van der Waals surface area (Å²) in [5, 5.41) is 0.481. The van der Waals surface area contributed by atoms with E-state index in [9.17, 15) is 40.4 Å². The maximum Gasteiger partial charge on any atom is 0.418 e. The first-order chi connectivity index (χ1) is 50.9. The first-order valence-corrected chi connectivity index (χ1v) is 47.8. The summed E-state index contributed by atoms with van der Waals surface area (Å²) in [7, 11) is -6.14. The van der Waals surface area contributed by atoms with Crippen LogP contribution in [0.25, 0.3) is 4.85 Å². The fourth-order valence-corrected chi connectivity index (χ4v) is 20.3. The Kier molecular flexibility index (Phi) is 26.7. The molecule has 3 aliphatic carbocycles. The van der Waals surface area contributed by atoms with Gasteiger partial charge in [0.15, 0.2) is 28.3 Å². The number of nitrogen functional groups attached to an aromatic ring is 1. The number of alkyl halides is 3. The summed E-state index contributed by atoms with van der Waals surface area (Å²) in [6.07, 6.45) is 6.53. The lowest BCUT2D eigenvalue weighted by Crippen LogP contribution is -2.47. The van der Waals surface area contributed by atoms with E-state index in [0.29, 0.717) is 58.6 Å². The maximum atomic E-state index is 15.3. The zero-order valence-electron chi connectivity index (χ0n) is 62.7. The van der Waals surface area contributed by atoms with Gasteiger partial charge in [0.25, 0.3) is 9.84 Å². The number of aryl methyl sites for hydroxylation is 1. The van der Waals surface area contributed by atoms with Crippen molar-refractivity contribution in [2.75, 3.05) is 58.3 Å². The third kappa shape index (κ3) is 19.8. The van der Waals surface area contributed by atoms with Gasteiger partial charge < -0.3 is 44.0 Å². The minimum absolute atomic E-state index is 0.0460. The Morgan fingerprint density at radius 2 is 1.06 bits per heavy atom. The number of amidine groups is 3. The number of sulfone groups is 1. The molecule has 12 rings (SSSR count). The zero-order valence-corrected chi connectivity index (χ0v) is 71.1. The predicted molar refractivity (Wildman–Crippen MR) is 425 cm³/mol. The number of anilines is 1. The second kappa shape index (κ2) is 33.7. The molecule has 2 aromatic heterocycles. The average Bonchev–Trinajstić information content (AvgIpc) is 1.54. The number of ether oxygens (including phenoxy) is 4. The number of aliphatic imine (C=N–C) groups is 3. The number of halogens is 8. The Morgan fingerprint density at radius 3 is 1.48 bits per heavy atom. The molecule has 21 nitrogen and oxygen atoms in total. The second-order valence-electron chi connectivity index (χ2n) is 31.8. The fourth-order valence-electron chi connectivity index (χ4n) is 12.9. The molecule has 35 heteroatoms. The monoisotopic (exact) mass is 1750 g/mol. The summed E-state index contributed by atoms with van der Waals surface area (Å²) in [6, 6.07) is 21.0. The predicted octanol–water partition coefficient (Wildman–Crippen LogP) is 17.9. The summed E-state index contributed by atoms with van der Waals surface area (Å²) >= 11 is 10.4. The number of hydrogen-bond donors (Lipinski definition) is 2. The molecule has 2 amide bonds. The summed E-state index contributed by atoms with van der Waals surface area (Å²) < 4.78 is 145. The summed E-state index contributed by atoms with van der Waals surface area (Å²) in [4.78, 5) is 66.1. The van der Waals surface area contributed by atoms with E-state index >= 15 is 8.78 Å². The minimum atomic E-state index is -3.38. The highest BCUT2D eigenvalue weighted by Crippen LogP contribution is 2.73. The number of carbonyl (C=O) groups excluding carboxylic acids is 3. The quantitative estimate of drug-likeness (QED) is 0.0129. The van der Waals surface area contributed by atoms with E-state index in [4.69, 9.17) is 50.8 Å². The number of fused-ring (bicyclic) bond motifs is 3. The Labute approximate surface area is 663 Å². The normalized spacial score (nSPS) is 25.1. The van der Waals surface area contributed by atoms with Gasteiger partial charge in [-0.05, 0) is 147 Å². The summed E-state index contributed by atoms with van der Waals surface area (Å²) in [5.74, 6) is -2.32. The van der Waals surface area contributed by atoms with Gasteiger partial charge >= 0.3 is 18.1 Å². The topological polar surface area (TPSA) is 274 Å². The van der Waals surface area contributed by atoms with Crippen molar-refractivity contribution >= 4 is 133 Å². The molecule has 3 saturated carbocycles. The van der Waals surface area contributed by atoms with Gasteiger partial charge in [-0.2, -0.15) is 0 Å². The molecule has 6 aromatic rings. The van der Waals surface area contributed by atoms with E-state index < -0.39 is 135 Å². The first-order valence-electron chi connectivity index (χ1n) is 34.7. The smallest absolute Gasteiger partial charge is 0.418 e. The number of thioether (sulfide) groups is 3. The number of rotatable bonds is 21. The number of nitrogens with two attached hydrogens (primary N) is 2. The Bertz CT molecular complexity index is 4550. The molecular weight excluding hydrogens is 1660 g/mol. The third-order valence-electron chi connectivity index (χ3n) is 18.7. The van der Waals surface area contributed by atoms with Crippen molar-refractivity contribution in [2.45, 2.75) is 166 Å². The molecule has 0 saturated heterocycles. The van der Waals surface area contributed by atoms with Crippen LogP contribution in [0.4, 0.5) is 41.6 Å². The number of aldehydes is 1. The molecule has 590 valence electrons. The third-order valence-corrected chi connectivity index (χ3v) is 28.8. The lowest BCUT2D eigenvalue weighted by atomic mass is 9.84. The van der Waals surface area contributed by atoms with Crippen molar-refractivity contribution in [1.82, 2.24) is 19.8 Å². The van der Waals surface area contributed by atoms with Gasteiger partial charge in [-0.25, -0.2) is 85.7 Å². The van der Waals surface area contributed by atoms with Crippen LogP contribution in [0.5, 0.6) is 0 Å². The number of carbonyl (C=O) groups is 3. The van der Waals surface area contributed by atoms with E-state index in [1.807, 2.05) is 6.92 Å². The molecule has 3 fully saturated rings. The summed E-state index contributed by atoms with van der Waals surface area (Å²) in [6.45, 7) is 29.9. The van der Waals surface area contributed by atoms with E-state index in [1.54, 1.807) is 78.2 Å². The zero-order chi connectivity index (χ0) is 80.3. The summed E-state index contributed by atoms with van der Waals surface area (Å²) in [5.41, 5.74) is 7.16. The molecule has 0 radical (unpaired) electrons. The van der Waals surface area contributed by atoms with Crippen LogP contribution in [0.1, 0.15) is 94.6 Å². The largest absolute Gasteiger partial charge is 0.447 e. The number of aromatic nitrogens is 2. The SMILES string of the molecule is CC(C)(C)OC(=O)N(COCC[Si](C)(C)C)C1=N[C@](CF)(c2cc(Br)ccc2F)[C@@H]2C[C@]2(C=O)S1.CC(C)(C)OC(=O)N(COCC[Si](C)(C)C)C1=N[C@](CF)(c2cc(Br)ccc2F)[C@@H]2C[C@]2(c2cnco2)S1.NC1=N[C@](CF)(c2cc(N)ccc2F)[C@@H]2C[C@]2(c2cnco2)S1.[C-]#[N+]CS(=O)(=O)c1ccc(C)cc1. The molecule has 0 spiro atoms. The van der Waals surface area contributed by atoms with Gasteiger partial charge in [-0.3, -0.25) is 4.85 Å². The van der Waals surface area contributed by atoms with E-state index in [1.165, 1.54) is 101 Å². The molecule has 5 heterocycles. The molecule has 9 atom stereocenters. The van der Waals surface area contributed by atoms with Gasteiger partial charge in [0.05, 0.1) is 31.5 Å². The average molecular weight is 1750 g/mol. The highest BCUT2D eigenvalue weighted by atomic mass is 79.9. The molecular formula is C74H90Br2F6N10O11S4Si2. The van der Waals surface area contributed by atoms with Crippen LogP contribution in [-0.4, -0.2) is 147 Å². The van der Waals surface area contributed by atoms with E-state index in [2.05, 4.69) is 95.9 Å². The van der Waals surface area contributed by atoms with Crippen molar-refractivity contribution in [3.05, 3.63) is 176 Å². The maximum absolute atomic E-state index is 15.3. The highest BCUT2D eigenvalue weighted by Gasteiger charge is 2.73. The Hall–Kier alpha value is -6.50. The van der Waals surface area contributed by atoms with Crippen LogP contribution in [0, 0.1) is 48.7 Å². The van der Waals surface area contributed by atoms with Gasteiger partial charge in [0, 0.05) is 78.4 Å². The van der Waals surface area contributed by atoms with Crippen molar-refractivity contribution < 1.29 is 76.9 Å². The number of amides is 2. The van der Waals surface area contributed by atoms with Gasteiger partial charge in [0.2, 0.25) is 0 Å². The van der Waals surface area contributed by atoms with Gasteiger partial charge in [-0.15, -0.1) is 0 Å². The Balaban J connectivity index is 0.000000177. The van der Waals surface area contributed by atoms with Crippen molar-refractivity contribution in [3.63, 3.8) is 0 Å². The molecule has 0 bridgehead atoms. The van der Waals surface area contributed by atoms with Gasteiger partial charge in [-0.1, -0.05) is 124 Å². The second-order valence-corrected chi connectivity index (χ2v) is 50.8. The standard InChI is InChI=1S/C26H34BrF2N3O4SSi.C24H33BrF2N2O4SSi.C15H14F2N4OS.C9H9NO2S/c1-24(2,3)36-23(33)32(16-34-9-10-38(4,5)6)22-31-25(14-28,18-11-17(27)7-8-19(18)29)20-12-26(20,37-22)21-13-30-15-35-21;1-22(2,3)33-21(31)29(15-32-9-10-35(4,5)6)20-28-24(13-26,19-12-23(19,14-30)34-20)17-11-16(25)7-8-18(17)27;16-6-14(9-3-8(18)1-2-10(9)17)11-4-15(11,23-13(19)21-14)12-5-20-7-22-12;1-8-3-5-9(6-4-8)13(11,12)7-10-2/h7-8,11,13,15,20H,9-10,12,14,16H2,1-6H3;7-8,11,14,19H,9-10,12-13,15H2,1-6H3;1-3,5,7,11H,4,6,18H2,(H2,19,21);3-6H,7H2,1H3/t20-,25+,26-;19-,23-,24-;11-,14+,15-;/m010./s1. The van der Waals surface area contributed by atoms with Crippen LogP contribution in [0.3, 0.4) is 0 Å². The lowest BCUT2D eigenvalue weighted by molar-refractivity contribution is -0.108. The number of benzene rings is 4. The molecule has 109 heavy (non-hydrogen) atoms. The molecule has 4 aromatic carbocycles. The van der Waals surface area contributed by atoms with E-state index in [0.717, 1.165) is 35.7 Å². The number of hydrogen-bond acceptors (Lipinski definition) is 21. The number of oxazole rings is 2. The van der Waals surface area contributed by atoms with Crippen molar-refractivity contribution in [3.8, 4) is 0 Å². The van der Waals surface area contributed by atoms with Crippen molar-refractivity contribution in [1.29, 1.82) is 0 Å². The van der Waals surface area contributed by atoms with E-state index in [-0.39, 0.29) is 56.5 Å². The van der Waals surface area contributed by atoms with Crippen molar-refractivity contribution in [2.24, 2.45) is 38.5 Å². The van der Waals surface area contributed by atoms with Gasteiger partial charge in [0.1, 0.15) is 96.6 Å². The van der Waals surface area contributed by atoms with Crippen LogP contribution in [0.2, 0.25) is 51.4 Å². The number of nitrogens with zero attached hydrogens (tertiary/aromatic N) is 8. The van der Waals surface area contributed by atoms with Crippen LogP contribution >= 0.6 is 67.1 Å². The highest BCUT2D eigenvalue weighted by molar-refractivity contribution is 9.10. The molecule has 6 aliphatic rings. The fraction of sp³-hybridized carbons (Fsp3) is 0.500. The van der Waals surface area contributed by atoms with Crippen LogP contribution < -0.4 is 11.5 Å². The molecule has 3 aliphatic heterocycles. The minimum Gasteiger partial charge on any atom is -0.447 e. The van der Waals surface area contributed by atoms with Crippen LogP contribution in [-0.2, 0) is 59.7 Å². The van der Waals surface area contributed by atoms with Crippen LogP contribution in [0.15, 0.2) is 142 Å². The molecule has 0 unspecified atom stereocenters. The first kappa shape index (κ1) is 86.5. The Morgan fingerprint density at radius 1 is 0.642 bits per heavy atom. The lowest BCUT2D eigenvalue weighted by Gasteiger charge is -2.38.